The van der Waals surface area contributed by atoms with Crippen LogP contribution < -0.4 is 30.8 Å². The highest BCUT2D eigenvalue weighted by Gasteiger charge is 2.37. The van der Waals surface area contributed by atoms with Crippen LogP contribution in [0.2, 0.25) is 0 Å². The number of nitrogens with one attached hydrogen (secondary N) is 3. The van der Waals surface area contributed by atoms with Gasteiger partial charge in [0.05, 0.1) is 75.7 Å². The molecule has 3 aliphatic rings. The molecule has 32 heteroatoms. The van der Waals surface area contributed by atoms with E-state index in [2.05, 4.69) is 25.4 Å². The topological polar surface area (TPSA) is 377 Å². The van der Waals surface area contributed by atoms with Gasteiger partial charge in [-0.15, -0.1) is 0 Å². The van der Waals surface area contributed by atoms with Crippen LogP contribution in [0.1, 0.15) is 114 Å². The monoisotopic (exact) mass is 1460 g/mol. The molecule has 7 amide bonds. The molecule has 2 aromatic carbocycles. The maximum Gasteiger partial charge on any atom is 0.295 e. The van der Waals surface area contributed by atoms with Gasteiger partial charge in [-0.25, -0.2) is 28.2 Å². The van der Waals surface area contributed by atoms with Gasteiger partial charge >= 0.3 is 0 Å². The van der Waals surface area contributed by atoms with Crippen molar-refractivity contribution in [3.63, 3.8) is 0 Å². The maximum atomic E-state index is 14.5. The summed E-state index contributed by atoms with van der Waals surface area (Å²) in [4.78, 5) is 94.6. The van der Waals surface area contributed by atoms with Crippen molar-refractivity contribution in [1.29, 1.82) is 0 Å². The van der Waals surface area contributed by atoms with Crippen molar-refractivity contribution in [2.45, 2.75) is 142 Å². The average molecular weight is 1460 g/mol. The predicted molar refractivity (Wildman–Crippen MR) is 375 cm³/mol. The molecule has 564 valence electrons. The summed E-state index contributed by atoms with van der Waals surface area (Å²) in [7, 11) is -6.12. The zero-order valence-electron chi connectivity index (χ0n) is 60.7. The number of piperazine rings is 1. The lowest BCUT2D eigenvalue weighted by atomic mass is 9.92. The minimum Gasteiger partial charge on any atom is -0.456 e. The normalized spacial score (nSPS) is 14.6. The zero-order chi connectivity index (χ0) is 75.1. The van der Waals surface area contributed by atoms with Crippen LogP contribution in [-0.4, -0.2) is 247 Å². The van der Waals surface area contributed by atoms with E-state index in [4.69, 9.17) is 23.4 Å². The molecule has 30 nitrogen and oxygen atoms in total. The Labute approximate surface area is 593 Å². The van der Waals surface area contributed by atoms with Crippen LogP contribution in [-0.2, 0) is 72.7 Å². The van der Waals surface area contributed by atoms with Gasteiger partial charge < -0.3 is 49.1 Å². The number of likely N-dealkylation sites (N-methyl/N-ethyl adjacent to an activating group) is 3. The van der Waals surface area contributed by atoms with Crippen molar-refractivity contribution >= 4 is 78.1 Å². The smallest absolute Gasteiger partial charge is 0.295 e. The summed E-state index contributed by atoms with van der Waals surface area (Å²) < 4.78 is 101. The molecule has 2 aromatic rings. The Kier molecular flexibility index (Phi) is 32.9. The first-order chi connectivity index (χ1) is 47.6. The predicted octanol–water partition coefficient (Wildman–Crippen LogP) is 4.69. The Bertz CT molecular complexity index is 3580. The number of hydroxylamine groups is 6. The molecule has 1 aliphatic carbocycles. The Balaban J connectivity index is 1.38. The SMILES string of the molecule is CCN(CC)c1ccc2c(-c3ccc(S(=O)(=O)N4CCN(C(=O)CCOCC(COCCC(=O)NC(CC(C)C)C(=O)N(C)O)(COCCC(=O)NC(CC(C)C)C(=O)N(C)O)COCCC(=O)NC(CC(C)C)C(=O)N(C)O)CC4)cc3S(=O)(=O)O)c3ccc(=[N+](CC)CC)cc-3oc2c1. The standard InChI is InChI=1S/C69H106N10O20S2/c1-14-76(15-2)49-18-21-52-58(39-49)99-59-40-50(77(16-3)17-4)19-22-53(59)65(52)54-23-20-51(41-60(54)101(92,93)94)100(90,91)79-30-28-78(29-31-79)64(83)27-35-98-45-69(42-95-32-24-61(80)70-55(36-46(5)6)66(84)73(11)87,43-96-33-25-62(81)71-56(37-47(7)8)67(85)74(12)88)44-97-34-26-63(82)72-57(38-48(9)10)68(86)75(13)89/h18-23,39-41,46-48,55-57,87-89H,14-17,24-38,42-45H2,1-13H3,(H3-,70,71,72,80,81,82,92,93,94)/p+1. The Morgan fingerprint density at radius 2 is 1.00 bits per heavy atom. The van der Waals surface area contributed by atoms with E-state index in [1.807, 2.05) is 106 Å². The summed E-state index contributed by atoms with van der Waals surface area (Å²) >= 11 is 0. The first-order valence-corrected chi connectivity index (χ1v) is 37.3. The number of carbonyl (C=O) groups excluding carboxylic acids is 7. The third-order valence-electron chi connectivity index (χ3n) is 17.2. The lowest BCUT2D eigenvalue weighted by Crippen LogP contribution is -2.50. The fourth-order valence-electron chi connectivity index (χ4n) is 11.9. The second kappa shape index (κ2) is 39.4. The van der Waals surface area contributed by atoms with E-state index in [9.17, 15) is 70.6 Å². The van der Waals surface area contributed by atoms with Gasteiger partial charge in [0.25, 0.3) is 27.8 Å². The van der Waals surface area contributed by atoms with Gasteiger partial charge in [-0.3, -0.25) is 53.7 Å². The number of ether oxygens (including phenoxy) is 4. The molecule has 3 atom stereocenters. The third kappa shape index (κ3) is 24.7. The van der Waals surface area contributed by atoms with Crippen LogP contribution in [0.3, 0.4) is 0 Å². The number of rotatable bonds is 41. The highest BCUT2D eigenvalue weighted by molar-refractivity contribution is 7.89. The van der Waals surface area contributed by atoms with Gasteiger partial charge in [0.2, 0.25) is 39.0 Å². The number of amides is 7. The van der Waals surface area contributed by atoms with Gasteiger partial charge in [-0.1, -0.05) is 47.6 Å². The number of hydrogen-bond donors (Lipinski definition) is 7. The minimum atomic E-state index is -5.11. The molecule has 1 saturated heterocycles. The number of carbonyl (C=O) groups is 7. The van der Waals surface area contributed by atoms with Crippen LogP contribution in [0.5, 0.6) is 0 Å². The van der Waals surface area contributed by atoms with E-state index >= 15 is 0 Å². The molecule has 5 rings (SSSR count). The molecule has 0 saturated carbocycles. The van der Waals surface area contributed by atoms with E-state index in [-0.39, 0.29) is 147 Å². The van der Waals surface area contributed by atoms with Crippen molar-refractivity contribution in [3.05, 3.63) is 60.0 Å². The molecule has 1 fully saturated rings. The van der Waals surface area contributed by atoms with E-state index in [1.54, 1.807) is 0 Å². The molecule has 101 heavy (non-hydrogen) atoms. The fourth-order valence-corrected chi connectivity index (χ4v) is 14.2. The number of fused-ring (bicyclic) bond motifs is 2. The van der Waals surface area contributed by atoms with Crippen molar-refractivity contribution in [3.8, 4) is 22.5 Å². The fraction of sp³-hybridized carbons (Fsp3) is 0.623. The summed E-state index contributed by atoms with van der Waals surface area (Å²) in [5, 5.41) is 40.2. The average Bonchev–Trinajstić information content (AvgIpc) is 0.740. The van der Waals surface area contributed by atoms with Gasteiger partial charge in [-0.2, -0.15) is 12.7 Å². The molecule has 0 radical (unpaired) electrons. The van der Waals surface area contributed by atoms with Crippen LogP contribution in [0.25, 0.3) is 33.4 Å². The Morgan fingerprint density at radius 1 is 0.574 bits per heavy atom. The summed E-state index contributed by atoms with van der Waals surface area (Å²) in [6, 6.07) is 11.7. The lowest BCUT2D eigenvalue weighted by Gasteiger charge is -2.34. The molecule has 7 N–H and O–H groups in total. The summed E-state index contributed by atoms with van der Waals surface area (Å²) in [6.45, 7) is 19.5. The molecule has 3 unspecified atom stereocenters. The quantitative estimate of drug-likeness (QED) is 0.00791. The van der Waals surface area contributed by atoms with E-state index in [1.165, 1.54) is 17.0 Å². The number of benzene rings is 3. The number of sulfonamides is 1. The van der Waals surface area contributed by atoms with Gasteiger partial charge in [0.1, 0.15) is 47.5 Å². The molecule has 0 aromatic heterocycles. The van der Waals surface area contributed by atoms with Crippen LogP contribution in [0, 0.1) is 23.2 Å². The summed E-state index contributed by atoms with van der Waals surface area (Å²) in [5.41, 5.74) is 0.933. The highest BCUT2D eigenvalue weighted by atomic mass is 32.2. The van der Waals surface area contributed by atoms with E-state index in [0.29, 0.717) is 69.2 Å². The van der Waals surface area contributed by atoms with Crippen molar-refractivity contribution in [1.82, 2.24) is 44.9 Å². The van der Waals surface area contributed by atoms with Crippen molar-refractivity contribution in [2.75, 3.05) is 131 Å². The molecule has 2 aliphatic heterocycles. The molecule has 0 spiro atoms. The van der Waals surface area contributed by atoms with E-state index < -0.39 is 94.8 Å². The van der Waals surface area contributed by atoms with Gasteiger partial charge in [0, 0.05) is 120 Å². The second-order valence-electron chi connectivity index (χ2n) is 26.6. The van der Waals surface area contributed by atoms with Crippen molar-refractivity contribution < 1.29 is 93.9 Å². The lowest BCUT2D eigenvalue weighted by molar-refractivity contribution is -0.163. The second-order valence-corrected chi connectivity index (χ2v) is 30.0. The minimum absolute atomic E-state index is 0.0351. The van der Waals surface area contributed by atoms with Crippen LogP contribution in [0.15, 0.2) is 68.8 Å². The molecule has 2 heterocycles. The number of nitrogens with zero attached hydrogens (tertiary/aromatic N) is 7. The zero-order valence-corrected chi connectivity index (χ0v) is 62.3. The van der Waals surface area contributed by atoms with Crippen LogP contribution in [0.4, 0.5) is 5.69 Å². The Hall–Kier alpha value is -7.24. The third-order valence-corrected chi connectivity index (χ3v) is 20.0. The van der Waals surface area contributed by atoms with Gasteiger partial charge in [0.15, 0.2) is 0 Å². The maximum absolute atomic E-state index is 14.5. The summed E-state index contributed by atoms with van der Waals surface area (Å²) in [6.07, 6.45) is -0.314. The Morgan fingerprint density at radius 3 is 1.40 bits per heavy atom. The largest absolute Gasteiger partial charge is 0.456 e. The van der Waals surface area contributed by atoms with Crippen LogP contribution >= 0.6 is 0 Å². The number of hydrogen-bond acceptors (Lipinski definition) is 20. The number of anilines is 1. The molecular formula is C69H107N10O20S2+. The molecular weight excluding hydrogens is 1350 g/mol. The highest BCUT2D eigenvalue weighted by Crippen LogP contribution is 2.44. The molecule has 0 bridgehead atoms. The summed E-state index contributed by atoms with van der Waals surface area (Å²) in [5.74, 6) is -3.98. The van der Waals surface area contributed by atoms with Crippen molar-refractivity contribution in [2.24, 2.45) is 23.2 Å². The van der Waals surface area contributed by atoms with E-state index in [0.717, 1.165) is 42.6 Å². The van der Waals surface area contributed by atoms with Gasteiger partial charge in [-0.05, 0) is 95.0 Å². The first-order valence-electron chi connectivity index (χ1n) is 34.4. The first kappa shape index (κ1) is 84.4.